The maximum absolute atomic E-state index is 12.1. The molecule has 7 heteroatoms. The van der Waals surface area contributed by atoms with Gasteiger partial charge in [0.15, 0.2) is 0 Å². The van der Waals surface area contributed by atoms with Crippen LogP contribution in [0.3, 0.4) is 0 Å². The van der Waals surface area contributed by atoms with E-state index in [2.05, 4.69) is 20.5 Å². The van der Waals surface area contributed by atoms with E-state index >= 15 is 0 Å². The van der Waals surface area contributed by atoms with Gasteiger partial charge >= 0.3 is 0 Å². The van der Waals surface area contributed by atoms with E-state index in [9.17, 15) is 4.79 Å². The van der Waals surface area contributed by atoms with E-state index in [1.807, 2.05) is 24.3 Å². The first-order valence-corrected chi connectivity index (χ1v) is 7.77. The number of methoxy groups -OCH3 is 1. The highest BCUT2D eigenvalue weighted by atomic mass is 16.5. The van der Waals surface area contributed by atoms with Crippen LogP contribution >= 0.6 is 0 Å². The first kappa shape index (κ1) is 16.5. The summed E-state index contributed by atoms with van der Waals surface area (Å²) in [6.07, 6.45) is 2.86. The summed E-state index contributed by atoms with van der Waals surface area (Å²) >= 11 is 0. The zero-order chi connectivity index (χ0) is 17.6. The Morgan fingerprint density at radius 3 is 2.88 bits per heavy atom. The summed E-state index contributed by atoms with van der Waals surface area (Å²) in [4.78, 5) is 15.8. The molecular formula is C18H18N4O3. The molecule has 2 aromatic heterocycles. The number of carbonyl (C=O) groups is 1. The molecule has 0 aliphatic carbocycles. The Morgan fingerprint density at radius 1 is 1.24 bits per heavy atom. The van der Waals surface area contributed by atoms with Gasteiger partial charge in [-0.15, -0.1) is 0 Å². The summed E-state index contributed by atoms with van der Waals surface area (Å²) < 4.78 is 5.21. The quantitative estimate of drug-likeness (QED) is 0.641. The molecule has 0 fully saturated rings. The van der Waals surface area contributed by atoms with Gasteiger partial charge in [0.25, 0.3) is 5.91 Å². The number of aromatic nitrogens is 3. The van der Waals surface area contributed by atoms with Gasteiger partial charge in [0.05, 0.1) is 18.4 Å². The lowest BCUT2D eigenvalue weighted by molar-refractivity contribution is 0.102. The summed E-state index contributed by atoms with van der Waals surface area (Å²) in [6, 6.07) is 12.5. The topological polar surface area (TPSA) is 100 Å². The summed E-state index contributed by atoms with van der Waals surface area (Å²) in [5, 5.41) is 18.9. The number of nitrogens with one attached hydrogen (secondary N) is 2. The number of hydrogen-bond acceptors (Lipinski definition) is 5. The van der Waals surface area contributed by atoms with Crippen LogP contribution in [0.2, 0.25) is 0 Å². The van der Waals surface area contributed by atoms with Crippen molar-refractivity contribution < 1.29 is 14.6 Å². The molecule has 0 saturated carbocycles. The van der Waals surface area contributed by atoms with Gasteiger partial charge in [-0.25, -0.2) is 4.98 Å². The Labute approximate surface area is 144 Å². The molecule has 3 aromatic rings. The van der Waals surface area contributed by atoms with Crippen LogP contribution in [0, 0.1) is 0 Å². The number of amides is 1. The zero-order valence-electron chi connectivity index (χ0n) is 13.7. The Kier molecular flexibility index (Phi) is 4.94. The lowest BCUT2D eigenvalue weighted by atomic mass is 10.1. The fourth-order valence-electron chi connectivity index (χ4n) is 2.37. The second-order valence-corrected chi connectivity index (χ2v) is 5.48. The van der Waals surface area contributed by atoms with Crippen molar-refractivity contribution in [2.24, 2.45) is 0 Å². The van der Waals surface area contributed by atoms with Crippen LogP contribution in [-0.4, -0.2) is 33.3 Å². The normalized spacial score (nSPS) is 10.4. The number of aromatic hydroxyl groups is 1. The van der Waals surface area contributed by atoms with E-state index in [0.29, 0.717) is 11.4 Å². The molecule has 1 aromatic carbocycles. The Morgan fingerprint density at radius 2 is 2.12 bits per heavy atom. The van der Waals surface area contributed by atoms with E-state index in [0.717, 1.165) is 29.8 Å². The molecule has 0 bridgehead atoms. The SMILES string of the molecule is COc1cccc(CCc2cc(NC(=O)c3ccc(O)nc3)[nH]n2)c1. The van der Waals surface area contributed by atoms with Crippen molar-refractivity contribution in [2.45, 2.75) is 12.8 Å². The average molecular weight is 338 g/mol. The number of H-pyrrole nitrogens is 1. The number of pyridine rings is 1. The van der Waals surface area contributed by atoms with Crippen LogP contribution in [0.1, 0.15) is 21.6 Å². The molecule has 3 N–H and O–H groups in total. The summed E-state index contributed by atoms with van der Waals surface area (Å²) in [6.45, 7) is 0. The number of anilines is 1. The molecule has 3 rings (SSSR count). The van der Waals surface area contributed by atoms with E-state index in [1.165, 1.54) is 18.3 Å². The Bertz CT molecular complexity index is 859. The first-order valence-electron chi connectivity index (χ1n) is 7.77. The van der Waals surface area contributed by atoms with Crippen LogP contribution in [0.25, 0.3) is 0 Å². The third-order valence-electron chi connectivity index (χ3n) is 3.69. The van der Waals surface area contributed by atoms with Gasteiger partial charge in [0.1, 0.15) is 11.6 Å². The Balaban J connectivity index is 1.58. The highest BCUT2D eigenvalue weighted by Crippen LogP contribution is 2.15. The van der Waals surface area contributed by atoms with Crippen LogP contribution < -0.4 is 10.1 Å². The van der Waals surface area contributed by atoms with Gasteiger partial charge < -0.3 is 15.2 Å². The first-order chi connectivity index (χ1) is 12.1. The second kappa shape index (κ2) is 7.48. The van der Waals surface area contributed by atoms with Gasteiger partial charge in [0.2, 0.25) is 5.88 Å². The lowest BCUT2D eigenvalue weighted by Crippen LogP contribution is -2.12. The monoisotopic (exact) mass is 338 g/mol. The van der Waals surface area contributed by atoms with Gasteiger partial charge in [-0.05, 0) is 36.6 Å². The zero-order valence-corrected chi connectivity index (χ0v) is 13.7. The molecule has 2 heterocycles. The third kappa shape index (κ3) is 4.35. The van der Waals surface area contributed by atoms with Crippen molar-refractivity contribution in [2.75, 3.05) is 12.4 Å². The molecule has 0 spiro atoms. The molecule has 0 saturated heterocycles. The smallest absolute Gasteiger partial charge is 0.258 e. The number of rotatable bonds is 6. The number of nitrogens with zero attached hydrogens (tertiary/aromatic N) is 2. The van der Waals surface area contributed by atoms with Crippen molar-refractivity contribution in [1.82, 2.24) is 15.2 Å². The third-order valence-corrected chi connectivity index (χ3v) is 3.69. The predicted octanol–water partition coefficient (Wildman–Crippen LogP) is 2.56. The van der Waals surface area contributed by atoms with Gasteiger partial charge in [-0.1, -0.05) is 12.1 Å². The van der Waals surface area contributed by atoms with E-state index in [-0.39, 0.29) is 11.8 Å². The minimum absolute atomic E-state index is 0.127. The number of carbonyl (C=O) groups excluding carboxylic acids is 1. The highest BCUT2D eigenvalue weighted by molar-refractivity contribution is 6.03. The van der Waals surface area contributed by atoms with Gasteiger partial charge in [0, 0.05) is 18.3 Å². The molecule has 25 heavy (non-hydrogen) atoms. The number of aromatic amines is 1. The summed E-state index contributed by atoms with van der Waals surface area (Å²) in [7, 11) is 1.64. The lowest BCUT2D eigenvalue weighted by Gasteiger charge is -2.03. The van der Waals surface area contributed by atoms with Crippen LogP contribution in [0.5, 0.6) is 11.6 Å². The standard InChI is InChI=1S/C18H18N4O3/c1-25-15-4-2-3-12(9-15)5-7-14-10-16(22-21-14)20-18(24)13-6-8-17(23)19-11-13/h2-4,6,8-11H,5,7H2,1H3,(H,19,23)(H2,20,21,22,24). The largest absolute Gasteiger partial charge is 0.497 e. The fourth-order valence-corrected chi connectivity index (χ4v) is 2.37. The van der Waals surface area contributed by atoms with E-state index < -0.39 is 0 Å². The van der Waals surface area contributed by atoms with Crippen molar-refractivity contribution in [3.05, 3.63) is 65.5 Å². The number of aryl methyl sites for hydroxylation is 2. The van der Waals surface area contributed by atoms with Crippen molar-refractivity contribution in [1.29, 1.82) is 0 Å². The maximum atomic E-state index is 12.1. The van der Waals surface area contributed by atoms with Gasteiger partial charge in [-0.3, -0.25) is 9.89 Å². The average Bonchev–Trinajstić information content (AvgIpc) is 3.08. The molecule has 128 valence electrons. The minimum Gasteiger partial charge on any atom is -0.497 e. The predicted molar refractivity (Wildman–Crippen MR) is 92.8 cm³/mol. The minimum atomic E-state index is -0.324. The van der Waals surface area contributed by atoms with E-state index in [1.54, 1.807) is 13.2 Å². The molecule has 0 aliphatic heterocycles. The second-order valence-electron chi connectivity index (χ2n) is 5.48. The van der Waals surface area contributed by atoms with Crippen LogP contribution in [0.4, 0.5) is 5.82 Å². The van der Waals surface area contributed by atoms with Crippen molar-refractivity contribution >= 4 is 11.7 Å². The molecule has 0 aliphatic rings. The number of benzene rings is 1. The number of ether oxygens (including phenoxy) is 1. The summed E-state index contributed by atoms with van der Waals surface area (Å²) in [5.41, 5.74) is 2.36. The van der Waals surface area contributed by atoms with Crippen molar-refractivity contribution in [3.8, 4) is 11.6 Å². The maximum Gasteiger partial charge on any atom is 0.258 e. The Hall–Kier alpha value is -3.35. The molecule has 7 nitrogen and oxygen atoms in total. The van der Waals surface area contributed by atoms with Crippen molar-refractivity contribution in [3.63, 3.8) is 0 Å². The molecule has 0 radical (unpaired) electrons. The highest BCUT2D eigenvalue weighted by Gasteiger charge is 2.09. The van der Waals surface area contributed by atoms with Crippen LogP contribution in [-0.2, 0) is 12.8 Å². The molecular weight excluding hydrogens is 320 g/mol. The summed E-state index contributed by atoms with van der Waals surface area (Å²) in [5.74, 6) is 0.891. The number of hydrogen-bond donors (Lipinski definition) is 3. The molecule has 0 atom stereocenters. The molecule has 1 amide bonds. The fraction of sp³-hybridized carbons (Fsp3) is 0.167. The van der Waals surface area contributed by atoms with Gasteiger partial charge in [-0.2, -0.15) is 5.10 Å². The van der Waals surface area contributed by atoms with Crippen LogP contribution in [0.15, 0.2) is 48.7 Å². The van der Waals surface area contributed by atoms with E-state index in [4.69, 9.17) is 9.84 Å². The molecule has 0 unspecified atom stereocenters.